The number of carbonyl (C=O) groups is 1. The molecule has 104 valence electrons. The molecule has 1 fully saturated rings. The van der Waals surface area contributed by atoms with Gasteiger partial charge in [-0.25, -0.2) is 0 Å². The van der Waals surface area contributed by atoms with Gasteiger partial charge in [0.25, 0.3) is 0 Å². The van der Waals surface area contributed by atoms with Gasteiger partial charge >= 0.3 is 0 Å². The van der Waals surface area contributed by atoms with Gasteiger partial charge in [-0.2, -0.15) is 0 Å². The lowest BCUT2D eigenvalue weighted by Crippen LogP contribution is -2.97. The lowest BCUT2D eigenvalue weighted by Gasteiger charge is -2.27. The Labute approximate surface area is 115 Å². The van der Waals surface area contributed by atoms with Gasteiger partial charge in [-0.1, -0.05) is 45.0 Å². The third-order valence-corrected chi connectivity index (χ3v) is 4.11. The molecule has 0 aromatic heterocycles. The second-order valence-corrected chi connectivity index (χ2v) is 6.66. The van der Waals surface area contributed by atoms with Crippen molar-refractivity contribution in [2.75, 3.05) is 6.54 Å². The molecule has 3 heteroatoms. The molecule has 0 spiro atoms. The molecule has 0 unspecified atom stereocenters. The summed E-state index contributed by atoms with van der Waals surface area (Å²) in [5.74, 6) is -0.926. The first-order valence-corrected chi connectivity index (χ1v) is 6.99. The van der Waals surface area contributed by atoms with Crippen LogP contribution in [0.2, 0.25) is 0 Å². The van der Waals surface area contributed by atoms with E-state index in [9.17, 15) is 9.90 Å². The Morgan fingerprint density at radius 3 is 2.37 bits per heavy atom. The topological polar surface area (TPSA) is 56.7 Å². The van der Waals surface area contributed by atoms with Crippen LogP contribution in [-0.4, -0.2) is 18.1 Å². The van der Waals surface area contributed by atoms with Crippen LogP contribution in [0.4, 0.5) is 0 Å². The monoisotopic (exact) mass is 261 g/mol. The summed E-state index contributed by atoms with van der Waals surface area (Å²) in [7, 11) is 0. The summed E-state index contributed by atoms with van der Waals surface area (Å²) in [6, 6.07) is 8.31. The van der Waals surface area contributed by atoms with Crippen molar-refractivity contribution in [3.8, 4) is 0 Å². The lowest BCUT2D eigenvalue weighted by atomic mass is 9.84. The predicted octanol–water partition coefficient (Wildman–Crippen LogP) is 0.373. The minimum absolute atomic E-state index is 0.129. The molecule has 1 aromatic rings. The van der Waals surface area contributed by atoms with E-state index in [2.05, 4.69) is 45.0 Å². The van der Waals surface area contributed by atoms with Gasteiger partial charge in [-0.3, -0.25) is 0 Å². The summed E-state index contributed by atoms with van der Waals surface area (Å²) in [6.07, 6.45) is 2.21. The van der Waals surface area contributed by atoms with E-state index in [-0.39, 0.29) is 5.41 Å². The molecule has 0 saturated carbocycles. The van der Waals surface area contributed by atoms with Crippen LogP contribution in [0.1, 0.15) is 44.7 Å². The summed E-state index contributed by atoms with van der Waals surface area (Å²) in [4.78, 5) is 11.4. The van der Waals surface area contributed by atoms with Crippen molar-refractivity contribution in [1.82, 2.24) is 0 Å². The molecule has 1 aromatic carbocycles. The number of aliphatic carboxylic acids is 1. The van der Waals surface area contributed by atoms with Crippen LogP contribution >= 0.6 is 0 Å². The van der Waals surface area contributed by atoms with Gasteiger partial charge in [0.15, 0.2) is 0 Å². The van der Waals surface area contributed by atoms with E-state index in [0.717, 1.165) is 18.5 Å². The van der Waals surface area contributed by atoms with E-state index in [1.807, 2.05) is 5.32 Å². The lowest BCUT2D eigenvalue weighted by molar-refractivity contribution is -0.700. The SMILES string of the molecule is CC(C)(C)c1ccc(C[C@@]2(C(=O)[O-])CCC[NH2+]2)cc1. The summed E-state index contributed by atoms with van der Waals surface area (Å²) in [5.41, 5.74) is 1.73. The van der Waals surface area contributed by atoms with Gasteiger partial charge in [-0.15, -0.1) is 0 Å². The molecular weight excluding hydrogens is 238 g/mol. The fourth-order valence-corrected chi connectivity index (χ4v) is 2.80. The molecule has 1 atom stereocenters. The summed E-state index contributed by atoms with van der Waals surface area (Å²) in [6.45, 7) is 7.41. The third-order valence-electron chi connectivity index (χ3n) is 4.11. The zero-order valence-electron chi connectivity index (χ0n) is 12.0. The molecule has 19 heavy (non-hydrogen) atoms. The van der Waals surface area contributed by atoms with E-state index in [1.165, 1.54) is 5.56 Å². The molecule has 3 nitrogen and oxygen atoms in total. The molecule has 0 aliphatic carbocycles. The van der Waals surface area contributed by atoms with Gasteiger partial charge in [0.2, 0.25) is 0 Å². The summed E-state index contributed by atoms with van der Waals surface area (Å²) >= 11 is 0. The Hall–Kier alpha value is -1.35. The van der Waals surface area contributed by atoms with E-state index < -0.39 is 11.5 Å². The normalized spacial score (nSPS) is 23.5. The number of quaternary nitrogens is 1. The zero-order valence-corrected chi connectivity index (χ0v) is 12.0. The van der Waals surface area contributed by atoms with Crippen LogP contribution in [0.15, 0.2) is 24.3 Å². The Morgan fingerprint density at radius 2 is 1.95 bits per heavy atom. The highest BCUT2D eigenvalue weighted by atomic mass is 16.4. The van der Waals surface area contributed by atoms with Crippen molar-refractivity contribution in [2.24, 2.45) is 0 Å². The molecule has 0 amide bonds. The second-order valence-electron chi connectivity index (χ2n) is 6.66. The van der Waals surface area contributed by atoms with Gasteiger partial charge in [0, 0.05) is 19.3 Å². The van der Waals surface area contributed by atoms with Crippen LogP contribution in [0.3, 0.4) is 0 Å². The average Bonchev–Trinajstić information content (AvgIpc) is 2.78. The van der Waals surface area contributed by atoms with Gasteiger partial charge in [0.05, 0.1) is 6.54 Å². The molecule has 2 N–H and O–H groups in total. The van der Waals surface area contributed by atoms with Crippen LogP contribution in [0.5, 0.6) is 0 Å². The second kappa shape index (κ2) is 4.97. The molecule has 1 aliphatic heterocycles. The average molecular weight is 261 g/mol. The number of benzene rings is 1. The molecule has 0 radical (unpaired) electrons. The van der Waals surface area contributed by atoms with Crippen molar-refractivity contribution in [2.45, 2.75) is 51.0 Å². The van der Waals surface area contributed by atoms with Crippen LogP contribution < -0.4 is 10.4 Å². The molecule has 1 saturated heterocycles. The third kappa shape index (κ3) is 2.98. The number of carboxylic acids is 1. The smallest absolute Gasteiger partial charge is 0.140 e. The van der Waals surface area contributed by atoms with E-state index in [1.54, 1.807) is 0 Å². The predicted molar refractivity (Wildman–Crippen MR) is 72.6 cm³/mol. The van der Waals surface area contributed by atoms with E-state index >= 15 is 0 Å². The minimum Gasteiger partial charge on any atom is -0.544 e. The first-order valence-electron chi connectivity index (χ1n) is 6.99. The van der Waals surface area contributed by atoms with Crippen molar-refractivity contribution in [1.29, 1.82) is 0 Å². The van der Waals surface area contributed by atoms with Gasteiger partial charge < -0.3 is 15.2 Å². The molecule has 1 aliphatic rings. The van der Waals surface area contributed by atoms with Crippen molar-refractivity contribution >= 4 is 5.97 Å². The largest absolute Gasteiger partial charge is 0.544 e. The molecule has 1 heterocycles. The number of carboxylic acid groups (broad SMARTS) is 1. The van der Waals surface area contributed by atoms with Crippen LogP contribution in [0.25, 0.3) is 0 Å². The van der Waals surface area contributed by atoms with E-state index in [4.69, 9.17) is 0 Å². The highest BCUT2D eigenvalue weighted by Gasteiger charge is 2.39. The standard InChI is InChI=1S/C16H23NO2/c1-15(2,3)13-7-5-12(6-8-13)11-16(14(18)19)9-4-10-17-16/h5-8,17H,4,9-11H2,1-3H3,(H,18,19)/t16-/m1/s1. The fourth-order valence-electron chi connectivity index (χ4n) is 2.80. The van der Waals surface area contributed by atoms with Crippen LogP contribution in [0, 0.1) is 0 Å². The minimum atomic E-state index is -0.926. The van der Waals surface area contributed by atoms with Gasteiger partial charge in [0.1, 0.15) is 11.5 Å². The maximum atomic E-state index is 11.4. The number of rotatable bonds is 3. The van der Waals surface area contributed by atoms with Gasteiger partial charge in [-0.05, 0) is 16.5 Å². The first-order chi connectivity index (χ1) is 8.83. The Bertz CT molecular complexity index is 451. The Kier molecular flexibility index (Phi) is 3.68. The Balaban J connectivity index is 2.17. The molecular formula is C16H23NO2. The first kappa shape index (κ1) is 14.1. The number of nitrogens with two attached hydrogens (primary N) is 1. The quantitative estimate of drug-likeness (QED) is 0.855. The van der Waals surface area contributed by atoms with Crippen molar-refractivity contribution in [3.05, 3.63) is 35.4 Å². The number of carbonyl (C=O) groups excluding carboxylic acids is 1. The maximum Gasteiger partial charge on any atom is 0.140 e. The van der Waals surface area contributed by atoms with E-state index in [0.29, 0.717) is 12.8 Å². The maximum absolute atomic E-state index is 11.4. The van der Waals surface area contributed by atoms with Crippen LogP contribution in [-0.2, 0) is 16.6 Å². The fraction of sp³-hybridized carbons (Fsp3) is 0.562. The summed E-state index contributed by atoms with van der Waals surface area (Å²) in [5, 5.41) is 13.3. The highest BCUT2D eigenvalue weighted by Crippen LogP contribution is 2.24. The zero-order chi connectivity index (χ0) is 14.1. The molecule has 2 rings (SSSR count). The number of hydrogen-bond acceptors (Lipinski definition) is 2. The highest BCUT2D eigenvalue weighted by molar-refractivity contribution is 5.75. The summed E-state index contributed by atoms with van der Waals surface area (Å²) < 4.78 is 0. The number of hydrogen-bond donors (Lipinski definition) is 1. The molecule has 0 bridgehead atoms. The Morgan fingerprint density at radius 1 is 1.32 bits per heavy atom. The van der Waals surface area contributed by atoms with Crippen molar-refractivity contribution in [3.63, 3.8) is 0 Å². The van der Waals surface area contributed by atoms with Crippen molar-refractivity contribution < 1.29 is 15.2 Å².